The van der Waals surface area contributed by atoms with Gasteiger partial charge in [-0.25, -0.2) is 4.79 Å². The third kappa shape index (κ3) is 2.67. The molecule has 104 valence electrons. The molecule has 0 atom stereocenters. The Hall–Kier alpha value is -2.95. The van der Waals surface area contributed by atoms with Crippen molar-refractivity contribution < 1.29 is 9.34 Å². The maximum Gasteiger partial charge on any atom is 0.336 e. The molecule has 0 fully saturated rings. The highest BCUT2D eigenvalue weighted by Crippen LogP contribution is 2.27. The van der Waals surface area contributed by atoms with Crippen molar-refractivity contribution in [3.8, 4) is 0 Å². The van der Waals surface area contributed by atoms with Crippen LogP contribution in [0.5, 0.6) is 0 Å². The van der Waals surface area contributed by atoms with Gasteiger partial charge in [0.1, 0.15) is 0 Å². The van der Waals surface area contributed by atoms with E-state index in [1.165, 1.54) is 12.1 Å². The first-order chi connectivity index (χ1) is 10.1. The molecule has 3 aromatic rings. The van der Waals surface area contributed by atoms with Crippen molar-refractivity contribution >= 4 is 16.7 Å². The molecule has 0 spiro atoms. The van der Waals surface area contributed by atoms with Crippen molar-refractivity contribution in [3.63, 3.8) is 0 Å². The highest BCUT2D eigenvalue weighted by atomic mass is 16.6. The van der Waals surface area contributed by atoms with Gasteiger partial charge < -0.3 is 4.42 Å². The fourth-order valence-corrected chi connectivity index (χ4v) is 2.29. The lowest BCUT2D eigenvalue weighted by Crippen LogP contribution is -1.99. The largest absolute Gasteiger partial charge is 0.415 e. The molecule has 0 N–H and O–H groups in total. The Labute approximate surface area is 119 Å². The van der Waals surface area contributed by atoms with Gasteiger partial charge in [0.25, 0.3) is 0 Å². The van der Waals surface area contributed by atoms with Gasteiger partial charge in [-0.2, -0.15) is 0 Å². The average Bonchev–Trinajstić information content (AvgIpc) is 2.48. The van der Waals surface area contributed by atoms with Gasteiger partial charge in [0.15, 0.2) is 0 Å². The molecular formula is C16H11NO4. The zero-order valence-electron chi connectivity index (χ0n) is 11.0. The van der Waals surface area contributed by atoms with Crippen LogP contribution in [0.2, 0.25) is 0 Å². The number of nitro benzene ring substituents is 1. The van der Waals surface area contributed by atoms with Crippen LogP contribution in [0.15, 0.2) is 63.8 Å². The van der Waals surface area contributed by atoms with Crippen molar-refractivity contribution in [1.29, 1.82) is 0 Å². The molecule has 1 aromatic heterocycles. The summed E-state index contributed by atoms with van der Waals surface area (Å²) in [7, 11) is 0. The van der Waals surface area contributed by atoms with Crippen LogP contribution >= 0.6 is 0 Å². The Balaban J connectivity index is 2.15. The summed E-state index contributed by atoms with van der Waals surface area (Å²) >= 11 is 0. The predicted molar refractivity (Wildman–Crippen MR) is 78.4 cm³/mol. The second-order valence-electron chi connectivity index (χ2n) is 4.71. The minimum Gasteiger partial charge on any atom is -0.415 e. The molecule has 21 heavy (non-hydrogen) atoms. The van der Waals surface area contributed by atoms with Crippen LogP contribution < -0.4 is 5.63 Å². The first kappa shape index (κ1) is 13.1. The third-order valence-corrected chi connectivity index (χ3v) is 3.21. The van der Waals surface area contributed by atoms with Gasteiger partial charge in [0.2, 0.25) is 5.58 Å². The summed E-state index contributed by atoms with van der Waals surface area (Å²) in [4.78, 5) is 21.9. The number of non-ortho nitro benzene ring substituents is 1. The zero-order valence-corrected chi connectivity index (χ0v) is 11.0. The maximum absolute atomic E-state index is 11.2. The molecule has 0 unspecified atom stereocenters. The lowest BCUT2D eigenvalue weighted by atomic mass is 10.0. The van der Waals surface area contributed by atoms with Crippen LogP contribution in [0.4, 0.5) is 5.69 Å². The monoisotopic (exact) mass is 281 g/mol. The molecule has 0 aliphatic carbocycles. The van der Waals surface area contributed by atoms with Gasteiger partial charge in [-0.05, 0) is 29.7 Å². The SMILES string of the molecule is O=c1ccc2cc(Cc3ccccc3)cc([N+](=O)[O-])c2o1. The Morgan fingerprint density at radius 2 is 1.76 bits per heavy atom. The summed E-state index contributed by atoms with van der Waals surface area (Å²) in [6, 6.07) is 15.7. The molecule has 1 heterocycles. The molecule has 0 aliphatic rings. The summed E-state index contributed by atoms with van der Waals surface area (Å²) in [6.07, 6.45) is 0.580. The average molecular weight is 281 g/mol. The van der Waals surface area contributed by atoms with E-state index in [1.54, 1.807) is 12.1 Å². The molecule has 0 radical (unpaired) electrons. The van der Waals surface area contributed by atoms with Crippen molar-refractivity contribution in [2.24, 2.45) is 0 Å². The Kier molecular flexibility index (Phi) is 3.23. The fraction of sp³-hybridized carbons (Fsp3) is 0.0625. The quantitative estimate of drug-likeness (QED) is 0.419. The van der Waals surface area contributed by atoms with Crippen LogP contribution in [-0.2, 0) is 6.42 Å². The molecule has 2 aromatic carbocycles. The first-order valence-electron chi connectivity index (χ1n) is 6.38. The van der Waals surface area contributed by atoms with Crippen LogP contribution in [0, 0.1) is 10.1 Å². The van der Waals surface area contributed by atoms with Crippen LogP contribution in [0.25, 0.3) is 11.0 Å². The number of rotatable bonds is 3. The number of fused-ring (bicyclic) bond motifs is 1. The molecule has 0 amide bonds. The number of hydrogen-bond acceptors (Lipinski definition) is 4. The second-order valence-corrected chi connectivity index (χ2v) is 4.71. The summed E-state index contributed by atoms with van der Waals surface area (Å²) in [5.74, 6) is 0. The summed E-state index contributed by atoms with van der Waals surface area (Å²) in [6.45, 7) is 0. The molecule has 0 saturated heterocycles. The topological polar surface area (TPSA) is 73.3 Å². The van der Waals surface area contributed by atoms with Crippen molar-refractivity contribution in [3.05, 3.63) is 86.3 Å². The summed E-state index contributed by atoms with van der Waals surface area (Å²) < 4.78 is 4.96. The van der Waals surface area contributed by atoms with Gasteiger partial charge in [-0.15, -0.1) is 0 Å². The van der Waals surface area contributed by atoms with E-state index >= 15 is 0 Å². The molecule has 3 rings (SSSR count). The van der Waals surface area contributed by atoms with Crippen LogP contribution in [0.3, 0.4) is 0 Å². The molecule has 0 bridgehead atoms. The van der Waals surface area contributed by atoms with Crippen LogP contribution in [-0.4, -0.2) is 4.92 Å². The Bertz CT molecular complexity index is 868. The van der Waals surface area contributed by atoms with Crippen LogP contribution in [0.1, 0.15) is 11.1 Å². The highest BCUT2D eigenvalue weighted by Gasteiger charge is 2.16. The number of nitrogens with zero attached hydrogens (tertiary/aromatic N) is 1. The fourth-order valence-electron chi connectivity index (χ4n) is 2.29. The Morgan fingerprint density at radius 3 is 2.48 bits per heavy atom. The lowest BCUT2D eigenvalue weighted by molar-refractivity contribution is -0.383. The van der Waals surface area contributed by atoms with Crippen molar-refractivity contribution in [1.82, 2.24) is 0 Å². The molecule has 0 saturated carbocycles. The number of hydrogen-bond donors (Lipinski definition) is 0. The van der Waals surface area contributed by atoms with Gasteiger partial charge in [0.05, 0.1) is 4.92 Å². The maximum atomic E-state index is 11.2. The molecule has 5 heteroatoms. The van der Waals surface area contributed by atoms with E-state index in [1.807, 2.05) is 30.3 Å². The highest BCUT2D eigenvalue weighted by molar-refractivity contribution is 5.85. The summed E-state index contributed by atoms with van der Waals surface area (Å²) in [5.41, 5.74) is 1.10. The standard InChI is InChI=1S/C16H11NO4/c18-15-7-6-13-9-12(8-11-4-2-1-3-5-11)10-14(17(19)20)16(13)21-15/h1-7,9-10H,8H2. The molecular weight excluding hydrogens is 270 g/mol. The molecule has 0 aliphatic heterocycles. The normalized spacial score (nSPS) is 10.7. The van der Waals surface area contributed by atoms with Gasteiger partial charge in [-0.1, -0.05) is 30.3 Å². The van der Waals surface area contributed by atoms with E-state index in [0.717, 1.165) is 11.1 Å². The van der Waals surface area contributed by atoms with E-state index in [4.69, 9.17) is 4.42 Å². The van der Waals surface area contributed by atoms with Gasteiger partial charge in [0, 0.05) is 17.5 Å². The first-order valence-corrected chi connectivity index (χ1v) is 6.38. The van der Waals surface area contributed by atoms with E-state index in [0.29, 0.717) is 11.8 Å². The van der Waals surface area contributed by atoms with Gasteiger partial charge >= 0.3 is 11.3 Å². The minimum atomic E-state index is -0.596. The lowest BCUT2D eigenvalue weighted by Gasteiger charge is -2.04. The van der Waals surface area contributed by atoms with Gasteiger partial charge in [-0.3, -0.25) is 10.1 Å². The second kappa shape index (κ2) is 5.20. The summed E-state index contributed by atoms with van der Waals surface area (Å²) in [5, 5.41) is 11.7. The third-order valence-electron chi connectivity index (χ3n) is 3.21. The van der Waals surface area contributed by atoms with E-state index < -0.39 is 10.5 Å². The van der Waals surface area contributed by atoms with E-state index in [9.17, 15) is 14.9 Å². The van der Waals surface area contributed by atoms with E-state index in [-0.39, 0.29) is 11.3 Å². The Morgan fingerprint density at radius 1 is 1.00 bits per heavy atom. The van der Waals surface area contributed by atoms with Crippen molar-refractivity contribution in [2.75, 3.05) is 0 Å². The molecule has 5 nitrogen and oxygen atoms in total. The van der Waals surface area contributed by atoms with Crippen molar-refractivity contribution in [2.45, 2.75) is 6.42 Å². The minimum absolute atomic E-state index is 0.0179. The number of nitro groups is 1. The smallest absolute Gasteiger partial charge is 0.336 e. The van der Waals surface area contributed by atoms with E-state index in [2.05, 4.69) is 0 Å². The zero-order chi connectivity index (χ0) is 14.8. The predicted octanol–water partition coefficient (Wildman–Crippen LogP) is 3.29. The number of benzene rings is 2.